The van der Waals surface area contributed by atoms with Crippen LogP contribution in [0.1, 0.15) is 22.3 Å². The fourth-order valence-electron chi connectivity index (χ4n) is 4.36. The molecule has 1 aromatic heterocycles. The van der Waals surface area contributed by atoms with Gasteiger partial charge in [-0.05, 0) is 49.8 Å². The van der Waals surface area contributed by atoms with E-state index in [9.17, 15) is 28.1 Å². The van der Waals surface area contributed by atoms with Gasteiger partial charge in [0.15, 0.2) is 0 Å². The smallest absolute Gasteiger partial charge is 0.354 e. The van der Waals surface area contributed by atoms with Gasteiger partial charge in [-0.15, -0.1) is 0 Å². The number of carbonyl (C=O) groups is 1. The highest BCUT2D eigenvalue weighted by Crippen LogP contribution is 2.36. The number of carbonyl (C=O) groups excluding carboxylic acids is 1. The van der Waals surface area contributed by atoms with Crippen molar-refractivity contribution in [2.75, 3.05) is 46.3 Å². The molecule has 2 aromatic carbocycles. The minimum Gasteiger partial charge on any atom is -0.354 e. The second-order valence-electron chi connectivity index (χ2n) is 9.08. The standard InChI is InChI=1S/C26H28F3N5O3/c1-32-13-15-33(16-14-32)12-4-11-30-25(35)21-17-22(18-7-9-19(10-8-18)26(27,28)29)31-24(21)20-5-2-3-6-23(20)34(36)37/h2-3,5-10,17,31H,4,11-16H2,1H3,(H,30,35). The Bertz CT molecular complexity index is 1250. The number of hydrogen-bond acceptors (Lipinski definition) is 5. The van der Waals surface area contributed by atoms with Crippen molar-refractivity contribution in [3.63, 3.8) is 0 Å². The summed E-state index contributed by atoms with van der Waals surface area (Å²) in [5.74, 6) is -0.416. The number of halogens is 3. The van der Waals surface area contributed by atoms with Crippen LogP contribution >= 0.6 is 0 Å². The number of H-pyrrole nitrogens is 1. The summed E-state index contributed by atoms with van der Waals surface area (Å²) in [6, 6.07) is 12.1. The highest BCUT2D eigenvalue weighted by molar-refractivity contribution is 6.02. The Labute approximate surface area is 212 Å². The first-order valence-electron chi connectivity index (χ1n) is 12.0. The van der Waals surface area contributed by atoms with E-state index in [-0.39, 0.29) is 22.5 Å². The van der Waals surface area contributed by atoms with Crippen molar-refractivity contribution in [2.24, 2.45) is 0 Å². The molecule has 0 bridgehead atoms. The summed E-state index contributed by atoms with van der Waals surface area (Å²) in [6.45, 7) is 5.21. The largest absolute Gasteiger partial charge is 0.416 e. The van der Waals surface area contributed by atoms with Crippen molar-refractivity contribution in [3.05, 3.63) is 75.8 Å². The van der Waals surface area contributed by atoms with E-state index in [2.05, 4.69) is 27.1 Å². The number of likely N-dealkylation sites (N-methyl/N-ethyl adjacent to an activating group) is 1. The summed E-state index contributed by atoms with van der Waals surface area (Å²) in [6.07, 6.45) is -3.73. The lowest BCUT2D eigenvalue weighted by atomic mass is 10.0. The van der Waals surface area contributed by atoms with Gasteiger partial charge in [0.05, 0.1) is 27.3 Å². The molecule has 8 nitrogen and oxygen atoms in total. The zero-order chi connectivity index (χ0) is 26.6. The van der Waals surface area contributed by atoms with Crippen molar-refractivity contribution in [2.45, 2.75) is 12.6 Å². The highest BCUT2D eigenvalue weighted by atomic mass is 19.4. The zero-order valence-electron chi connectivity index (χ0n) is 20.3. The normalized spacial score (nSPS) is 15.0. The van der Waals surface area contributed by atoms with Gasteiger partial charge in [0.25, 0.3) is 11.6 Å². The maximum atomic E-state index is 13.2. The summed E-state index contributed by atoms with van der Waals surface area (Å²) in [7, 11) is 2.09. The van der Waals surface area contributed by atoms with Crippen molar-refractivity contribution < 1.29 is 22.9 Å². The molecule has 1 aliphatic heterocycles. The minimum atomic E-state index is -4.47. The van der Waals surface area contributed by atoms with Crippen molar-refractivity contribution in [1.29, 1.82) is 0 Å². The van der Waals surface area contributed by atoms with Gasteiger partial charge in [0, 0.05) is 44.5 Å². The molecule has 11 heteroatoms. The van der Waals surface area contributed by atoms with E-state index >= 15 is 0 Å². The molecule has 0 saturated carbocycles. The lowest BCUT2D eigenvalue weighted by Gasteiger charge is -2.32. The lowest BCUT2D eigenvalue weighted by Crippen LogP contribution is -2.45. The summed E-state index contributed by atoms with van der Waals surface area (Å²) in [5, 5.41) is 14.5. The number of aromatic nitrogens is 1. The Morgan fingerprint density at radius 3 is 2.41 bits per heavy atom. The fourth-order valence-corrected chi connectivity index (χ4v) is 4.36. The number of hydrogen-bond donors (Lipinski definition) is 2. The van der Waals surface area contributed by atoms with Crippen LogP contribution in [-0.4, -0.2) is 71.9 Å². The van der Waals surface area contributed by atoms with Crippen LogP contribution in [0.5, 0.6) is 0 Å². The maximum Gasteiger partial charge on any atom is 0.416 e. The summed E-state index contributed by atoms with van der Waals surface area (Å²) in [4.78, 5) is 31.9. The van der Waals surface area contributed by atoms with Gasteiger partial charge in [0.2, 0.25) is 0 Å². The highest BCUT2D eigenvalue weighted by Gasteiger charge is 2.30. The van der Waals surface area contributed by atoms with Crippen LogP contribution in [0, 0.1) is 10.1 Å². The Hall–Kier alpha value is -3.70. The second-order valence-corrected chi connectivity index (χ2v) is 9.08. The second kappa shape index (κ2) is 11.1. The SMILES string of the molecule is CN1CCN(CCCNC(=O)c2cc(-c3ccc(C(F)(F)F)cc3)[nH]c2-c2ccccc2[N+](=O)[O-])CC1. The van der Waals surface area contributed by atoms with Gasteiger partial charge in [-0.25, -0.2) is 0 Å². The van der Waals surface area contributed by atoms with Crippen LogP contribution in [-0.2, 0) is 6.18 Å². The van der Waals surface area contributed by atoms with Crippen molar-refractivity contribution in [3.8, 4) is 22.5 Å². The summed E-state index contributed by atoms with van der Waals surface area (Å²) < 4.78 is 39.0. The monoisotopic (exact) mass is 515 g/mol. The molecule has 1 fully saturated rings. The van der Waals surface area contributed by atoms with E-state index in [0.717, 1.165) is 51.3 Å². The predicted molar refractivity (Wildman–Crippen MR) is 134 cm³/mol. The third-order valence-electron chi connectivity index (χ3n) is 6.49. The van der Waals surface area contributed by atoms with Gasteiger partial charge in [-0.1, -0.05) is 24.3 Å². The number of benzene rings is 2. The number of aromatic amines is 1. The Balaban J connectivity index is 1.57. The molecule has 2 N–H and O–H groups in total. The van der Waals surface area contributed by atoms with Gasteiger partial charge < -0.3 is 20.1 Å². The van der Waals surface area contributed by atoms with E-state index in [0.29, 0.717) is 17.8 Å². The molecular weight excluding hydrogens is 487 g/mol. The molecule has 2 heterocycles. The average molecular weight is 516 g/mol. The fraction of sp³-hybridized carbons (Fsp3) is 0.346. The predicted octanol–water partition coefficient (Wildman–Crippen LogP) is 4.64. The third-order valence-corrected chi connectivity index (χ3v) is 6.49. The molecule has 1 aliphatic rings. The Kier molecular flexibility index (Phi) is 7.94. The summed E-state index contributed by atoms with van der Waals surface area (Å²) in [5.41, 5.74) is 0.453. The molecule has 3 aromatic rings. The van der Waals surface area contributed by atoms with Crippen LogP contribution < -0.4 is 5.32 Å². The molecule has 0 unspecified atom stereocenters. The number of rotatable bonds is 8. The first kappa shape index (κ1) is 26.4. The molecule has 196 valence electrons. The lowest BCUT2D eigenvalue weighted by molar-refractivity contribution is -0.384. The van der Waals surface area contributed by atoms with E-state index in [1.165, 1.54) is 36.4 Å². The molecule has 0 atom stereocenters. The summed E-state index contributed by atoms with van der Waals surface area (Å²) >= 11 is 0. The number of piperazine rings is 1. The molecule has 1 amide bonds. The number of nitrogens with one attached hydrogen (secondary N) is 2. The van der Waals surface area contributed by atoms with Crippen LogP contribution in [0.2, 0.25) is 0 Å². The number of nitrogens with zero attached hydrogens (tertiary/aromatic N) is 3. The molecule has 37 heavy (non-hydrogen) atoms. The number of nitro groups is 1. The number of amides is 1. The zero-order valence-corrected chi connectivity index (χ0v) is 20.3. The van der Waals surface area contributed by atoms with Gasteiger partial charge in [0.1, 0.15) is 0 Å². The molecular formula is C26H28F3N5O3. The first-order chi connectivity index (χ1) is 17.6. The average Bonchev–Trinajstić information content (AvgIpc) is 3.33. The first-order valence-corrected chi connectivity index (χ1v) is 12.0. The number of para-hydroxylation sites is 1. The van der Waals surface area contributed by atoms with Gasteiger partial charge in [-0.3, -0.25) is 14.9 Å². The van der Waals surface area contributed by atoms with Crippen LogP contribution in [0.4, 0.5) is 18.9 Å². The third kappa shape index (κ3) is 6.36. The van der Waals surface area contributed by atoms with E-state index in [4.69, 9.17) is 0 Å². The number of nitro benzene ring substituents is 1. The molecule has 0 aliphatic carbocycles. The van der Waals surface area contributed by atoms with Crippen LogP contribution in [0.15, 0.2) is 54.6 Å². The van der Waals surface area contributed by atoms with Crippen molar-refractivity contribution in [1.82, 2.24) is 20.1 Å². The van der Waals surface area contributed by atoms with Crippen LogP contribution in [0.3, 0.4) is 0 Å². The quantitative estimate of drug-likeness (QED) is 0.259. The van der Waals surface area contributed by atoms with Gasteiger partial charge >= 0.3 is 6.18 Å². The molecule has 1 saturated heterocycles. The minimum absolute atomic E-state index is 0.184. The molecule has 0 radical (unpaired) electrons. The van der Waals surface area contributed by atoms with Crippen molar-refractivity contribution >= 4 is 11.6 Å². The van der Waals surface area contributed by atoms with Gasteiger partial charge in [-0.2, -0.15) is 13.2 Å². The maximum absolute atomic E-state index is 13.2. The number of alkyl halides is 3. The Morgan fingerprint density at radius 1 is 1.08 bits per heavy atom. The van der Waals surface area contributed by atoms with E-state index in [1.807, 2.05) is 0 Å². The molecule has 0 spiro atoms. The van der Waals surface area contributed by atoms with E-state index in [1.54, 1.807) is 6.07 Å². The van der Waals surface area contributed by atoms with Crippen LogP contribution in [0.25, 0.3) is 22.5 Å². The Morgan fingerprint density at radius 2 is 1.76 bits per heavy atom. The van der Waals surface area contributed by atoms with E-state index < -0.39 is 22.6 Å². The topological polar surface area (TPSA) is 94.5 Å². The molecule has 4 rings (SSSR count).